The van der Waals surface area contributed by atoms with Gasteiger partial charge in [-0.15, -0.1) is 0 Å². The lowest BCUT2D eigenvalue weighted by Gasteiger charge is -2.30. The van der Waals surface area contributed by atoms with Gasteiger partial charge in [0.05, 0.1) is 10.7 Å². The number of rotatable bonds is 3. The molecule has 0 bridgehead atoms. The third kappa shape index (κ3) is 3.54. The Bertz CT molecular complexity index is 613. The number of benzene rings is 1. The lowest BCUT2D eigenvalue weighted by molar-refractivity contribution is 0.148. The fraction of sp³-hybridized carbons (Fsp3) is 0.312. The predicted molar refractivity (Wildman–Crippen MR) is 84.4 cm³/mol. The van der Waals surface area contributed by atoms with Crippen molar-refractivity contribution >= 4 is 15.9 Å². The van der Waals surface area contributed by atoms with Crippen molar-refractivity contribution in [3.05, 3.63) is 52.8 Å². The normalized spacial score (nSPS) is 22.0. The molecule has 5 heteroatoms. The molecule has 0 aliphatic carbocycles. The van der Waals surface area contributed by atoms with Crippen LogP contribution in [0, 0.1) is 0 Å². The van der Waals surface area contributed by atoms with Gasteiger partial charge < -0.3 is 15.2 Å². The molecule has 1 aromatic carbocycles. The SMILES string of the molecule is Oc1cncc(C2CCC(Oc3ccccc3Br)CN2)c1. The summed E-state index contributed by atoms with van der Waals surface area (Å²) in [4.78, 5) is 4.03. The minimum atomic E-state index is 0.158. The molecular formula is C16H17BrN2O2. The number of nitrogens with one attached hydrogen (secondary N) is 1. The highest BCUT2D eigenvalue weighted by atomic mass is 79.9. The zero-order valence-electron chi connectivity index (χ0n) is 11.5. The molecule has 0 amide bonds. The average Bonchev–Trinajstić information content (AvgIpc) is 2.50. The number of para-hydroxylation sites is 1. The molecule has 21 heavy (non-hydrogen) atoms. The molecule has 0 radical (unpaired) electrons. The largest absolute Gasteiger partial charge is 0.506 e. The van der Waals surface area contributed by atoms with E-state index in [0.717, 1.165) is 35.2 Å². The van der Waals surface area contributed by atoms with E-state index in [1.54, 1.807) is 12.3 Å². The number of hydrogen-bond acceptors (Lipinski definition) is 4. The van der Waals surface area contributed by atoms with Crippen molar-refractivity contribution in [1.82, 2.24) is 10.3 Å². The number of aromatic nitrogens is 1. The average molecular weight is 349 g/mol. The zero-order chi connectivity index (χ0) is 14.7. The Kier molecular flexibility index (Phi) is 4.41. The van der Waals surface area contributed by atoms with E-state index in [9.17, 15) is 5.11 Å². The molecule has 110 valence electrons. The zero-order valence-corrected chi connectivity index (χ0v) is 13.1. The first-order chi connectivity index (χ1) is 10.2. The van der Waals surface area contributed by atoms with Gasteiger partial charge >= 0.3 is 0 Å². The first-order valence-electron chi connectivity index (χ1n) is 7.01. The first kappa shape index (κ1) is 14.4. The van der Waals surface area contributed by atoms with Crippen molar-refractivity contribution in [2.24, 2.45) is 0 Å². The van der Waals surface area contributed by atoms with Crippen LogP contribution >= 0.6 is 15.9 Å². The smallest absolute Gasteiger partial charge is 0.134 e. The van der Waals surface area contributed by atoms with E-state index in [0.29, 0.717) is 0 Å². The predicted octanol–water partition coefficient (Wildman–Crippen LogP) is 3.42. The summed E-state index contributed by atoms with van der Waals surface area (Å²) in [6, 6.07) is 9.88. The van der Waals surface area contributed by atoms with E-state index >= 15 is 0 Å². The summed E-state index contributed by atoms with van der Waals surface area (Å²) in [5.74, 6) is 1.09. The van der Waals surface area contributed by atoms with Gasteiger partial charge in [0.2, 0.25) is 0 Å². The van der Waals surface area contributed by atoms with Crippen LogP contribution in [0.3, 0.4) is 0 Å². The maximum Gasteiger partial charge on any atom is 0.134 e. The first-order valence-corrected chi connectivity index (χ1v) is 7.80. The second-order valence-corrected chi connectivity index (χ2v) is 6.04. The second kappa shape index (κ2) is 6.45. The summed E-state index contributed by atoms with van der Waals surface area (Å²) in [5.41, 5.74) is 1.02. The highest BCUT2D eigenvalue weighted by molar-refractivity contribution is 9.10. The summed E-state index contributed by atoms with van der Waals surface area (Å²) in [5, 5.41) is 13.0. The van der Waals surface area contributed by atoms with Gasteiger partial charge in [0.15, 0.2) is 0 Å². The molecule has 0 saturated carbocycles. The fourth-order valence-electron chi connectivity index (χ4n) is 2.57. The molecule has 2 N–H and O–H groups in total. The molecule has 2 heterocycles. The van der Waals surface area contributed by atoms with Crippen molar-refractivity contribution in [1.29, 1.82) is 0 Å². The van der Waals surface area contributed by atoms with Crippen molar-refractivity contribution in [2.45, 2.75) is 25.0 Å². The Hall–Kier alpha value is -1.59. The minimum absolute atomic E-state index is 0.158. The molecule has 2 unspecified atom stereocenters. The van der Waals surface area contributed by atoms with Crippen LogP contribution in [-0.2, 0) is 0 Å². The molecule has 2 atom stereocenters. The Morgan fingerprint density at radius 1 is 1.24 bits per heavy atom. The maximum absolute atomic E-state index is 9.50. The Morgan fingerprint density at radius 2 is 2.10 bits per heavy atom. The Balaban J connectivity index is 1.59. The number of ether oxygens (including phenoxy) is 1. The van der Waals surface area contributed by atoms with Crippen LogP contribution in [0.2, 0.25) is 0 Å². The van der Waals surface area contributed by atoms with E-state index < -0.39 is 0 Å². The van der Waals surface area contributed by atoms with Crippen LogP contribution in [0.5, 0.6) is 11.5 Å². The maximum atomic E-state index is 9.50. The topological polar surface area (TPSA) is 54.4 Å². The molecule has 2 aromatic rings. The molecule has 1 aliphatic rings. The molecule has 1 aliphatic heterocycles. The van der Waals surface area contributed by atoms with Gasteiger partial charge in [-0.25, -0.2) is 0 Å². The molecule has 1 aromatic heterocycles. The van der Waals surface area contributed by atoms with Gasteiger partial charge in [-0.05, 0) is 52.5 Å². The summed E-state index contributed by atoms with van der Waals surface area (Å²) in [6.07, 6.45) is 5.33. The van der Waals surface area contributed by atoms with Gasteiger partial charge in [-0.2, -0.15) is 0 Å². The van der Waals surface area contributed by atoms with E-state index in [1.165, 1.54) is 6.20 Å². The quantitative estimate of drug-likeness (QED) is 0.892. The summed E-state index contributed by atoms with van der Waals surface area (Å²) < 4.78 is 7.00. The highest BCUT2D eigenvalue weighted by Crippen LogP contribution is 2.29. The van der Waals surface area contributed by atoms with Crippen LogP contribution < -0.4 is 10.1 Å². The van der Waals surface area contributed by atoms with Crippen LogP contribution in [0.4, 0.5) is 0 Å². The number of nitrogens with zero attached hydrogens (tertiary/aromatic N) is 1. The molecule has 1 fully saturated rings. The van der Waals surface area contributed by atoms with Gasteiger partial charge in [-0.1, -0.05) is 12.1 Å². The number of halogens is 1. The van der Waals surface area contributed by atoms with Crippen LogP contribution in [0.15, 0.2) is 47.2 Å². The standard InChI is InChI=1S/C16H17BrN2O2/c17-14-3-1-2-4-16(14)21-13-5-6-15(19-10-13)11-7-12(20)9-18-8-11/h1-4,7-9,13,15,19-20H,5-6,10H2. The summed E-state index contributed by atoms with van der Waals surface area (Å²) in [7, 11) is 0. The van der Waals surface area contributed by atoms with Crippen LogP contribution in [0.25, 0.3) is 0 Å². The fourth-order valence-corrected chi connectivity index (χ4v) is 2.95. The van der Waals surface area contributed by atoms with Gasteiger partial charge in [-0.3, -0.25) is 4.98 Å². The summed E-state index contributed by atoms with van der Waals surface area (Å²) in [6.45, 7) is 0.779. The molecule has 4 nitrogen and oxygen atoms in total. The van der Waals surface area contributed by atoms with Crippen molar-refractivity contribution in [2.75, 3.05) is 6.54 Å². The molecule has 1 saturated heterocycles. The number of pyridine rings is 1. The highest BCUT2D eigenvalue weighted by Gasteiger charge is 2.23. The monoisotopic (exact) mass is 348 g/mol. The van der Waals surface area contributed by atoms with E-state index in [-0.39, 0.29) is 17.9 Å². The van der Waals surface area contributed by atoms with Crippen LogP contribution in [-0.4, -0.2) is 22.7 Å². The number of aromatic hydroxyl groups is 1. The Labute approximate surface area is 132 Å². The second-order valence-electron chi connectivity index (χ2n) is 5.18. The number of piperidine rings is 1. The minimum Gasteiger partial charge on any atom is -0.506 e. The van der Waals surface area contributed by atoms with Crippen molar-refractivity contribution in [3.63, 3.8) is 0 Å². The third-order valence-electron chi connectivity index (χ3n) is 3.65. The summed E-state index contributed by atoms with van der Waals surface area (Å²) >= 11 is 3.50. The van der Waals surface area contributed by atoms with Gasteiger partial charge in [0, 0.05) is 18.8 Å². The number of hydrogen-bond donors (Lipinski definition) is 2. The molecule has 0 spiro atoms. The van der Waals surface area contributed by atoms with E-state index in [4.69, 9.17) is 4.74 Å². The van der Waals surface area contributed by atoms with Gasteiger partial charge in [0.1, 0.15) is 17.6 Å². The lowest BCUT2D eigenvalue weighted by Crippen LogP contribution is -2.39. The van der Waals surface area contributed by atoms with Crippen molar-refractivity contribution in [3.8, 4) is 11.5 Å². The Morgan fingerprint density at radius 3 is 2.81 bits per heavy atom. The molecule has 3 rings (SSSR count). The van der Waals surface area contributed by atoms with E-state index in [1.807, 2.05) is 24.3 Å². The lowest BCUT2D eigenvalue weighted by atomic mass is 9.97. The third-order valence-corrected chi connectivity index (χ3v) is 4.30. The molecular weight excluding hydrogens is 332 g/mol. The van der Waals surface area contributed by atoms with E-state index in [2.05, 4.69) is 26.2 Å². The van der Waals surface area contributed by atoms with Crippen LogP contribution in [0.1, 0.15) is 24.4 Å². The van der Waals surface area contributed by atoms with Crippen molar-refractivity contribution < 1.29 is 9.84 Å². The van der Waals surface area contributed by atoms with Gasteiger partial charge in [0.25, 0.3) is 0 Å².